The molecule has 0 saturated carbocycles. The quantitative estimate of drug-likeness (QED) is 0.900. The molecule has 2 rings (SSSR count). The maximum Gasteiger partial charge on any atom is 0.255 e. The number of methoxy groups -OCH3 is 1. The van der Waals surface area contributed by atoms with Gasteiger partial charge in [0.25, 0.3) is 5.91 Å². The maximum atomic E-state index is 12.0. The van der Waals surface area contributed by atoms with Crippen molar-refractivity contribution < 1.29 is 9.53 Å². The molecule has 0 aliphatic rings. The van der Waals surface area contributed by atoms with E-state index in [9.17, 15) is 4.79 Å². The summed E-state index contributed by atoms with van der Waals surface area (Å²) >= 11 is 0. The van der Waals surface area contributed by atoms with E-state index in [1.165, 1.54) is 0 Å². The Morgan fingerprint density at radius 3 is 2.61 bits per heavy atom. The summed E-state index contributed by atoms with van der Waals surface area (Å²) in [5.41, 5.74) is 2.29. The summed E-state index contributed by atoms with van der Waals surface area (Å²) in [5.74, 6) is 0.462. The van der Waals surface area contributed by atoms with Crippen LogP contribution < -0.4 is 10.1 Å². The molecule has 2 aromatic rings. The third kappa shape index (κ3) is 2.66. The standard InChI is InChI=1S/C14H14N2O2/c1-10-3-4-13(18-2)12(9-10)16-14(17)11-5-7-15-8-6-11/h3-9H,1-2H3,(H,16,17). The summed E-state index contributed by atoms with van der Waals surface area (Å²) in [6, 6.07) is 8.96. The van der Waals surface area contributed by atoms with Gasteiger partial charge < -0.3 is 10.1 Å². The van der Waals surface area contributed by atoms with Gasteiger partial charge in [0, 0.05) is 18.0 Å². The van der Waals surface area contributed by atoms with Crippen LogP contribution in [0, 0.1) is 6.92 Å². The summed E-state index contributed by atoms with van der Waals surface area (Å²) in [5, 5.41) is 2.83. The van der Waals surface area contributed by atoms with E-state index in [2.05, 4.69) is 10.3 Å². The average Bonchev–Trinajstić information content (AvgIpc) is 2.40. The monoisotopic (exact) mass is 242 g/mol. The van der Waals surface area contributed by atoms with E-state index in [0.717, 1.165) is 5.56 Å². The Hall–Kier alpha value is -2.36. The lowest BCUT2D eigenvalue weighted by Crippen LogP contribution is -2.12. The highest BCUT2D eigenvalue weighted by atomic mass is 16.5. The van der Waals surface area contributed by atoms with Gasteiger partial charge in [0.15, 0.2) is 0 Å². The highest BCUT2D eigenvalue weighted by Crippen LogP contribution is 2.25. The molecule has 1 amide bonds. The molecule has 0 fully saturated rings. The molecule has 0 unspecified atom stereocenters. The van der Waals surface area contributed by atoms with Gasteiger partial charge in [-0.25, -0.2) is 0 Å². The minimum atomic E-state index is -0.179. The van der Waals surface area contributed by atoms with E-state index in [1.807, 2.05) is 25.1 Å². The fourth-order valence-corrected chi connectivity index (χ4v) is 1.62. The van der Waals surface area contributed by atoms with E-state index in [1.54, 1.807) is 31.6 Å². The van der Waals surface area contributed by atoms with E-state index in [-0.39, 0.29) is 5.91 Å². The number of pyridine rings is 1. The second kappa shape index (κ2) is 5.31. The number of hydrogen-bond acceptors (Lipinski definition) is 3. The molecule has 92 valence electrons. The molecule has 0 spiro atoms. The molecule has 0 atom stereocenters. The normalized spacial score (nSPS) is 9.89. The second-order valence-electron chi connectivity index (χ2n) is 3.89. The minimum Gasteiger partial charge on any atom is -0.495 e. The number of rotatable bonds is 3. The summed E-state index contributed by atoms with van der Waals surface area (Å²) in [6.45, 7) is 1.96. The number of aryl methyl sites for hydroxylation is 1. The largest absolute Gasteiger partial charge is 0.495 e. The lowest BCUT2D eigenvalue weighted by atomic mass is 10.2. The maximum absolute atomic E-state index is 12.0. The summed E-state index contributed by atoms with van der Waals surface area (Å²) in [7, 11) is 1.58. The Bertz CT molecular complexity index is 553. The first-order chi connectivity index (χ1) is 8.70. The Balaban J connectivity index is 2.24. The van der Waals surface area contributed by atoms with Gasteiger partial charge in [-0.3, -0.25) is 9.78 Å². The first kappa shape index (κ1) is 12.1. The van der Waals surface area contributed by atoms with E-state index in [4.69, 9.17) is 4.74 Å². The number of ether oxygens (including phenoxy) is 1. The van der Waals surface area contributed by atoms with E-state index in [0.29, 0.717) is 17.0 Å². The molecular weight excluding hydrogens is 228 g/mol. The van der Waals surface area contributed by atoms with Crippen molar-refractivity contribution in [2.24, 2.45) is 0 Å². The summed E-state index contributed by atoms with van der Waals surface area (Å²) in [6.07, 6.45) is 3.17. The first-order valence-corrected chi connectivity index (χ1v) is 5.56. The molecule has 0 aliphatic carbocycles. The van der Waals surface area contributed by atoms with Gasteiger partial charge in [0.1, 0.15) is 5.75 Å². The molecule has 4 nitrogen and oxygen atoms in total. The van der Waals surface area contributed by atoms with Gasteiger partial charge >= 0.3 is 0 Å². The van der Waals surface area contributed by atoms with Gasteiger partial charge in [-0.15, -0.1) is 0 Å². The molecule has 0 saturated heterocycles. The topological polar surface area (TPSA) is 51.2 Å². The number of carbonyl (C=O) groups excluding carboxylic acids is 1. The summed E-state index contributed by atoms with van der Waals surface area (Å²) in [4.78, 5) is 15.9. The van der Waals surface area contributed by atoms with Crippen LogP contribution >= 0.6 is 0 Å². The second-order valence-corrected chi connectivity index (χ2v) is 3.89. The van der Waals surface area contributed by atoms with Crippen molar-refractivity contribution in [3.05, 3.63) is 53.9 Å². The smallest absolute Gasteiger partial charge is 0.255 e. The van der Waals surface area contributed by atoms with Crippen LogP contribution in [-0.2, 0) is 0 Å². The highest BCUT2D eigenvalue weighted by molar-refractivity contribution is 6.04. The van der Waals surface area contributed by atoms with Crippen LogP contribution in [-0.4, -0.2) is 18.0 Å². The molecule has 0 aliphatic heterocycles. The van der Waals surface area contributed by atoms with E-state index < -0.39 is 0 Å². The fraction of sp³-hybridized carbons (Fsp3) is 0.143. The third-order valence-electron chi connectivity index (χ3n) is 2.55. The number of nitrogens with zero attached hydrogens (tertiary/aromatic N) is 1. The van der Waals surface area contributed by atoms with Gasteiger partial charge in [0.2, 0.25) is 0 Å². The zero-order valence-electron chi connectivity index (χ0n) is 10.3. The number of aromatic nitrogens is 1. The number of nitrogens with one attached hydrogen (secondary N) is 1. The average molecular weight is 242 g/mol. The van der Waals surface area contributed by atoms with Crippen LogP contribution in [0.3, 0.4) is 0 Å². The Labute approximate surface area is 106 Å². The zero-order valence-corrected chi connectivity index (χ0v) is 10.3. The van der Waals surface area contributed by atoms with Crippen LogP contribution in [0.25, 0.3) is 0 Å². The van der Waals surface area contributed by atoms with Gasteiger partial charge in [-0.2, -0.15) is 0 Å². The van der Waals surface area contributed by atoms with Crippen LogP contribution in [0.15, 0.2) is 42.7 Å². The van der Waals surface area contributed by atoms with Crippen LogP contribution in [0.2, 0.25) is 0 Å². The third-order valence-corrected chi connectivity index (χ3v) is 2.55. The van der Waals surface area contributed by atoms with Crippen LogP contribution in [0.4, 0.5) is 5.69 Å². The first-order valence-electron chi connectivity index (χ1n) is 5.56. The van der Waals surface area contributed by atoms with Crippen molar-refractivity contribution in [3.8, 4) is 5.75 Å². The highest BCUT2D eigenvalue weighted by Gasteiger charge is 2.09. The van der Waals surface area contributed by atoms with Crippen molar-refractivity contribution in [3.63, 3.8) is 0 Å². The van der Waals surface area contributed by atoms with Gasteiger partial charge in [0.05, 0.1) is 12.8 Å². The number of anilines is 1. The van der Waals surface area contributed by atoms with Crippen LogP contribution in [0.1, 0.15) is 15.9 Å². The molecule has 1 aromatic carbocycles. The number of benzene rings is 1. The zero-order chi connectivity index (χ0) is 13.0. The SMILES string of the molecule is COc1ccc(C)cc1NC(=O)c1ccncc1. The number of amides is 1. The molecule has 0 radical (unpaired) electrons. The lowest BCUT2D eigenvalue weighted by molar-refractivity contribution is 0.102. The predicted octanol–water partition coefficient (Wildman–Crippen LogP) is 2.65. The lowest BCUT2D eigenvalue weighted by Gasteiger charge is -2.10. The molecule has 0 bridgehead atoms. The van der Waals surface area contributed by atoms with Crippen molar-refractivity contribution in [2.45, 2.75) is 6.92 Å². The minimum absolute atomic E-state index is 0.179. The number of hydrogen-bond donors (Lipinski definition) is 1. The van der Waals surface area contributed by atoms with Crippen molar-refractivity contribution >= 4 is 11.6 Å². The summed E-state index contributed by atoms with van der Waals surface area (Å²) < 4.78 is 5.21. The van der Waals surface area contributed by atoms with Crippen LogP contribution in [0.5, 0.6) is 5.75 Å². The van der Waals surface area contributed by atoms with Gasteiger partial charge in [-0.05, 0) is 36.8 Å². The number of carbonyl (C=O) groups is 1. The molecule has 1 heterocycles. The van der Waals surface area contributed by atoms with Gasteiger partial charge in [-0.1, -0.05) is 6.07 Å². The molecule has 1 aromatic heterocycles. The Kier molecular flexibility index (Phi) is 3.57. The predicted molar refractivity (Wildman–Crippen MR) is 69.9 cm³/mol. The molecular formula is C14H14N2O2. The van der Waals surface area contributed by atoms with Crippen molar-refractivity contribution in [1.29, 1.82) is 0 Å². The molecule has 18 heavy (non-hydrogen) atoms. The van der Waals surface area contributed by atoms with Crippen molar-refractivity contribution in [1.82, 2.24) is 4.98 Å². The Morgan fingerprint density at radius 2 is 1.94 bits per heavy atom. The van der Waals surface area contributed by atoms with Crippen molar-refractivity contribution in [2.75, 3.05) is 12.4 Å². The molecule has 4 heteroatoms. The van der Waals surface area contributed by atoms with E-state index >= 15 is 0 Å². The fourth-order valence-electron chi connectivity index (χ4n) is 1.62. The molecule has 1 N–H and O–H groups in total. The Morgan fingerprint density at radius 1 is 1.22 bits per heavy atom.